The quantitative estimate of drug-likeness (QED) is 0.747. The average molecular weight is 208 g/mol. The van der Waals surface area contributed by atoms with Crippen molar-refractivity contribution in [3.8, 4) is 0 Å². The summed E-state index contributed by atoms with van der Waals surface area (Å²) in [5, 5.41) is 3.64. The highest BCUT2D eigenvalue weighted by molar-refractivity contribution is 5.05. The minimum Gasteiger partial charge on any atom is -0.316 e. The fraction of sp³-hybridized carbons (Fsp3) is 1.00. The van der Waals surface area contributed by atoms with Crippen molar-refractivity contribution in [2.24, 2.45) is 5.41 Å². The van der Waals surface area contributed by atoms with Crippen LogP contribution in [0.2, 0.25) is 0 Å². The highest BCUT2D eigenvalue weighted by Gasteiger charge is 2.50. The summed E-state index contributed by atoms with van der Waals surface area (Å²) in [6.45, 7) is 6.31. The molecule has 1 spiro atoms. The minimum atomic E-state index is 0.648. The van der Waals surface area contributed by atoms with Gasteiger partial charge in [-0.25, -0.2) is 0 Å². The third kappa shape index (κ3) is 1.62. The van der Waals surface area contributed by atoms with Gasteiger partial charge in [-0.2, -0.15) is 0 Å². The van der Waals surface area contributed by atoms with E-state index >= 15 is 0 Å². The minimum absolute atomic E-state index is 0.648. The number of rotatable bonds is 2. The molecule has 3 aliphatic rings. The molecular weight excluding hydrogens is 184 g/mol. The van der Waals surface area contributed by atoms with E-state index in [4.69, 9.17) is 0 Å². The van der Waals surface area contributed by atoms with Crippen LogP contribution < -0.4 is 5.32 Å². The lowest BCUT2D eigenvalue weighted by Gasteiger charge is -2.41. The van der Waals surface area contributed by atoms with Gasteiger partial charge in [0.15, 0.2) is 0 Å². The average Bonchev–Trinajstić information content (AvgIpc) is 3.05. The topological polar surface area (TPSA) is 15.3 Å². The van der Waals surface area contributed by atoms with Gasteiger partial charge in [-0.05, 0) is 57.0 Å². The molecule has 3 fully saturated rings. The summed E-state index contributed by atoms with van der Waals surface area (Å²) >= 11 is 0. The first kappa shape index (κ1) is 10.1. The third-order valence-corrected chi connectivity index (χ3v) is 4.88. The van der Waals surface area contributed by atoms with E-state index in [1.807, 2.05) is 0 Å². The van der Waals surface area contributed by atoms with Gasteiger partial charge in [0.25, 0.3) is 0 Å². The van der Waals surface area contributed by atoms with Crippen LogP contribution in [0.25, 0.3) is 0 Å². The van der Waals surface area contributed by atoms with Crippen molar-refractivity contribution in [3.05, 3.63) is 0 Å². The summed E-state index contributed by atoms with van der Waals surface area (Å²) < 4.78 is 0. The number of hydrogen-bond donors (Lipinski definition) is 1. The lowest BCUT2D eigenvalue weighted by molar-refractivity contribution is 0.112. The first-order chi connectivity index (χ1) is 7.36. The first-order valence-electron chi connectivity index (χ1n) is 6.82. The fourth-order valence-corrected chi connectivity index (χ4v) is 4.03. The summed E-state index contributed by atoms with van der Waals surface area (Å²) in [5.41, 5.74) is 0.648. The first-order valence-corrected chi connectivity index (χ1v) is 6.82. The van der Waals surface area contributed by atoms with Crippen molar-refractivity contribution < 1.29 is 0 Å². The molecule has 2 nitrogen and oxygen atoms in total. The molecule has 2 saturated heterocycles. The Morgan fingerprint density at radius 2 is 2.20 bits per heavy atom. The van der Waals surface area contributed by atoms with Crippen LogP contribution in [0.4, 0.5) is 0 Å². The van der Waals surface area contributed by atoms with E-state index in [0.717, 1.165) is 12.1 Å². The number of piperidine rings is 1. The lowest BCUT2D eigenvalue weighted by Crippen LogP contribution is -2.48. The van der Waals surface area contributed by atoms with Crippen LogP contribution >= 0.6 is 0 Å². The molecule has 0 aromatic carbocycles. The fourth-order valence-electron chi connectivity index (χ4n) is 4.03. The van der Waals surface area contributed by atoms with Crippen LogP contribution in [-0.2, 0) is 0 Å². The molecule has 1 saturated carbocycles. The lowest BCUT2D eigenvalue weighted by atomic mass is 9.73. The Labute approximate surface area is 93.4 Å². The molecule has 2 atom stereocenters. The van der Waals surface area contributed by atoms with Crippen molar-refractivity contribution in [1.29, 1.82) is 0 Å². The summed E-state index contributed by atoms with van der Waals surface area (Å²) in [5.74, 6) is 0. The number of nitrogens with zero attached hydrogens (tertiary/aromatic N) is 1. The molecule has 15 heavy (non-hydrogen) atoms. The predicted molar refractivity (Wildman–Crippen MR) is 63.0 cm³/mol. The molecule has 2 aliphatic heterocycles. The maximum Gasteiger partial charge on any atom is 0.0165 e. The Kier molecular flexibility index (Phi) is 2.52. The molecule has 1 aliphatic carbocycles. The van der Waals surface area contributed by atoms with Crippen LogP contribution in [-0.4, -0.2) is 36.6 Å². The zero-order valence-corrected chi connectivity index (χ0v) is 9.97. The maximum atomic E-state index is 3.64. The van der Waals surface area contributed by atoms with E-state index in [2.05, 4.69) is 17.1 Å². The van der Waals surface area contributed by atoms with E-state index in [1.165, 1.54) is 58.2 Å². The second-order valence-electron chi connectivity index (χ2n) is 5.79. The van der Waals surface area contributed by atoms with Gasteiger partial charge in [0, 0.05) is 18.6 Å². The molecule has 0 amide bonds. The van der Waals surface area contributed by atoms with Crippen molar-refractivity contribution >= 4 is 0 Å². The number of nitrogens with one attached hydrogen (secondary N) is 1. The second kappa shape index (κ2) is 3.74. The van der Waals surface area contributed by atoms with Crippen LogP contribution in [0.3, 0.4) is 0 Å². The van der Waals surface area contributed by atoms with Gasteiger partial charge in [-0.3, -0.25) is 4.90 Å². The smallest absolute Gasteiger partial charge is 0.0165 e. The summed E-state index contributed by atoms with van der Waals surface area (Å²) in [4.78, 5) is 2.84. The monoisotopic (exact) mass is 208 g/mol. The molecular formula is C13H24N2. The van der Waals surface area contributed by atoms with E-state index in [9.17, 15) is 0 Å². The molecule has 0 aromatic heterocycles. The number of hydrogen-bond acceptors (Lipinski definition) is 2. The van der Waals surface area contributed by atoms with E-state index in [0.29, 0.717) is 5.41 Å². The van der Waals surface area contributed by atoms with Gasteiger partial charge in [-0.15, -0.1) is 0 Å². The summed E-state index contributed by atoms with van der Waals surface area (Å²) in [6.07, 6.45) is 8.63. The molecule has 0 aromatic rings. The zero-order chi connectivity index (χ0) is 10.3. The zero-order valence-electron chi connectivity index (χ0n) is 9.97. The molecule has 3 rings (SSSR count). The Morgan fingerprint density at radius 3 is 2.80 bits per heavy atom. The van der Waals surface area contributed by atoms with E-state index in [1.54, 1.807) is 0 Å². The Morgan fingerprint density at radius 1 is 1.33 bits per heavy atom. The second-order valence-corrected chi connectivity index (χ2v) is 5.79. The molecule has 2 heterocycles. The Bertz CT molecular complexity index is 229. The van der Waals surface area contributed by atoms with Crippen molar-refractivity contribution in [2.45, 2.75) is 57.5 Å². The van der Waals surface area contributed by atoms with Gasteiger partial charge in [0.05, 0.1) is 0 Å². The molecule has 1 N–H and O–H groups in total. The Balaban J connectivity index is 1.77. The number of likely N-dealkylation sites (tertiary alicyclic amines) is 1. The molecule has 2 heteroatoms. The van der Waals surface area contributed by atoms with E-state index in [-0.39, 0.29) is 0 Å². The summed E-state index contributed by atoms with van der Waals surface area (Å²) in [7, 11) is 0. The highest BCUT2D eigenvalue weighted by atomic mass is 15.2. The van der Waals surface area contributed by atoms with Crippen LogP contribution in [0.15, 0.2) is 0 Å². The van der Waals surface area contributed by atoms with Crippen LogP contribution in [0, 0.1) is 5.41 Å². The predicted octanol–water partition coefficient (Wildman–Crippen LogP) is 2.00. The van der Waals surface area contributed by atoms with Crippen molar-refractivity contribution in [1.82, 2.24) is 10.2 Å². The SMILES string of the molecule is CCC1N(C2CC2)CCC12CCCNC2. The normalized spacial score (nSPS) is 42.6. The Hall–Kier alpha value is -0.0800. The van der Waals surface area contributed by atoms with Gasteiger partial charge in [-0.1, -0.05) is 6.92 Å². The van der Waals surface area contributed by atoms with Crippen molar-refractivity contribution in [2.75, 3.05) is 19.6 Å². The highest BCUT2D eigenvalue weighted by Crippen LogP contribution is 2.47. The molecule has 0 bridgehead atoms. The molecule has 0 radical (unpaired) electrons. The van der Waals surface area contributed by atoms with Gasteiger partial charge in [0.2, 0.25) is 0 Å². The van der Waals surface area contributed by atoms with Gasteiger partial charge < -0.3 is 5.32 Å². The third-order valence-electron chi connectivity index (χ3n) is 4.88. The van der Waals surface area contributed by atoms with Crippen LogP contribution in [0.5, 0.6) is 0 Å². The van der Waals surface area contributed by atoms with Crippen molar-refractivity contribution in [3.63, 3.8) is 0 Å². The molecule has 2 unspecified atom stereocenters. The molecule has 86 valence electrons. The van der Waals surface area contributed by atoms with E-state index < -0.39 is 0 Å². The largest absolute Gasteiger partial charge is 0.316 e. The van der Waals surface area contributed by atoms with Gasteiger partial charge >= 0.3 is 0 Å². The van der Waals surface area contributed by atoms with Gasteiger partial charge in [0.1, 0.15) is 0 Å². The standard InChI is InChI=1S/C13H24N2/c1-2-12-13(6-3-8-14-10-13)7-9-15(12)11-4-5-11/h11-12,14H,2-10H2,1H3. The van der Waals surface area contributed by atoms with Crippen LogP contribution in [0.1, 0.15) is 45.4 Å². The maximum absolute atomic E-state index is 3.64. The summed E-state index contributed by atoms with van der Waals surface area (Å²) in [6, 6.07) is 1.86.